The van der Waals surface area contributed by atoms with Gasteiger partial charge in [-0.3, -0.25) is 14.4 Å². The van der Waals surface area contributed by atoms with Gasteiger partial charge < -0.3 is 15.5 Å². The van der Waals surface area contributed by atoms with E-state index >= 15 is 0 Å². The van der Waals surface area contributed by atoms with Crippen LogP contribution < -0.4 is 15.5 Å². The average molecular weight is 391 g/mol. The van der Waals surface area contributed by atoms with Gasteiger partial charge in [0.1, 0.15) is 0 Å². The summed E-state index contributed by atoms with van der Waals surface area (Å²) in [7, 11) is 0. The van der Waals surface area contributed by atoms with Gasteiger partial charge in [0.2, 0.25) is 11.8 Å². The number of anilines is 2. The van der Waals surface area contributed by atoms with E-state index in [1.165, 1.54) is 12.8 Å². The van der Waals surface area contributed by atoms with E-state index in [0.29, 0.717) is 17.8 Å². The Morgan fingerprint density at radius 3 is 2.31 bits per heavy atom. The van der Waals surface area contributed by atoms with Crippen LogP contribution in [0.1, 0.15) is 42.5 Å². The van der Waals surface area contributed by atoms with E-state index < -0.39 is 5.92 Å². The SMILES string of the molecule is O=C(NC1CCCC1)c1ccc(NC(=O)C2CC(=O)N(c3ccccc3)C2)cc1. The van der Waals surface area contributed by atoms with Crippen molar-refractivity contribution < 1.29 is 14.4 Å². The normalized spacial score (nSPS) is 19.4. The molecule has 1 aliphatic heterocycles. The summed E-state index contributed by atoms with van der Waals surface area (Å²) in [5.41, 5.74) is 2.02. The molecule has 0 bridgehead atoms. The Balaban J connectivity index is 1.34. The van der Waals surface area contributed by atoms with E-state index in [9.17, 15) is 14.4 Å². The number of nitrogens with one attached hydrogen (secondary N) is 2. The van der Waals surface area contributed by atoms with Gasteiger partial charge in [0.25, 0.3) is 5.91 Å². The molecule has 2 aliphatic rings. The quantitative estimate of drug-likeness (QED) is 0.820. The fourth-order valence-electron chi connectivity index (χ4n) is 4.03. The highest BCUT2D eigenvalue weighted by molar-refractivity contribution is 6.03. The van der Waals surface area contributed by atoms with E-state index in [2.05, 4.69) is 10.6 Å². The Kier molecular flexibility index (Phi) is 5.60. The first-order chi connectivity index (χ1) is 14.1. The highest BCUT2D eigenvalue weighted by atomic mass is 16.2. The van der Waals surface area contributed by atoms with Crippen molar-refractivity contribution in [2.45, 2.75) is 38.1 Å². The number of nitrogens with zero attached hydrogens (tertiary/aromatic N) is 1. The number of para-hydroxylation sites is 1. The number of amides is 3. The first-order valence-corrected chi connectivity index (χ1v) is 10.2. The molecule has 1 aliphatic carbocycles. The second-order valence-electron chi connectivity index (χ2n) is 7.76. The van der Waals surface area contributed by atoms with Gasteiger partial charge >= 0.3 is 0 Å². The van der Waals surface area contributed by atoms with E-state index in [0.717, 1.165) is 18.5 Å². The lowest BCUT2D eigenvalue weighted by Crippen LogP contribution is -2.32. The van der Waals surface area contributed by atoms with Crippen molar-refractivity contribution in [2.24, 2.45) is 5.92 Å². The predicted molar refractivity (Wildman–Crippen MR) is 112 cm³/mol. The summed E-state index contributed by atoms with van der Waals surface area (Å²) < 4.78 is 0. The maximum atomic E-state index is 12.6. The summed E-state index contributed by atoms with van der Waals surface area (Å²) in [5, 5.41) is 5.92. The average Bonchev–Trinajstić information content (AvgIpc) is 3.39. The number of rotatable bonds is 5. The van der Waals surface area contributed by atoms with Crippen molar-refractivity contribution >= 4 is 29.1 Å². The van der Waals surface area contributed by atoms with Crippen molar-refractivity contribution in [1.29, 1.82) is 0 Å². The Morgan fingerprint density at radius 2 is 1.62 bits per heavy atom. The fraction of sp³-hybridized carbons (Fsp3) is 0.348. The van der Waals surface area contributed by atoms with Crippen LogP contribution in [0.2, 0.25) is 0 Å². The molecule has 1 unspecified atom stereocenters. The molecular formula is C23H25N3O3. The number of carbonyl (C=O) groups excluding carboxylic acids is 3. The zero-order valence-electron chi connectivity index (χ0n) is 16.3. The van der Waals surface area contributed by atoms with Crippen LogP contribution in [0.15, 0.2) is 54.6 Å². The van der Waals surface area contributed by atoms with Crippen LogP contribution in [0, 0.1) is 5.92 Å². The van der Waals surface area contributed by atoms with Crippen molar-refractivity contribution in [3.63, 3.8) is 0 Å². The summed E-state index contributed by atoms with van der Waals surface area (Å²) in [5.74, 6) is -0.696. The molecule has 0 radical (unpaired) electrons. The van der Waals surface area contributed by atoms with Gasteiger partial charge in [-0.25, -0.2) is 0 Å². The van der Waals surface area contributed by atoms with Gasteiger partial charge in [-0.1, -0.05) is 31.0 Å². The van der Waals surface area contributed by atoms with Crippen LogP contribution in [-0.4, -0.2) is 30.3 Å². The number of hydrogen-bond acceptors (Lipinski definition) is 3. The minimum Gasteiger partial charge on any atom is -0.349 e. The summed E-state index contributed by atoms with van der Waals surface area (Å²) in [6.45, 7) is 0.372. The van der Waals surface area contributed by atoms with Gasteiger partial charge in [-0.05, 0) is 49.2 Å². The Labute approximate surface area is 170 Å². The minimum absolute atomic E-state index is 0.0460. The van der Waals surface area contributed by atoms with Crippen LogP contribution in [0.4, 0.5) is 11.4 Å². The van der Waals surface area contributed by atoms with E-state index in [-0.39, 0.29) is 30.2 Å². The molecule has 1 atom stereocenters. The van der Waals surface area contributed by atoms with E-state index in [4.69, 9.17) is 0 Å². The zero-order valence-corrected chi connectivity index (χ0v) is 16.3. The first kappa shape index (κ1) is 19.2. The largest absolute Gasteiger partial charge is 0.349 e. The molecule has 29 heavy (non-hydrogen) atoms. The number of hydrogen-bond donors (Lipinski definition) is 2. The molecule has 6 heteroatoms. The molecule has 3 amide bonds. The monoisotopic (exact) mass is 391 g/mol. The summed E-state index contributed by atoms with van der Waals surface area (Å²) in [6, 6.07) is 16.6. The molecule has 2 N–H and O–H groups in total. The molecule has 6 nitrogen and oxygen atoms in total. The lowest BCUT2D eigenvalue weighted by atomic mass is 10.1. The summed E-state index contributed by atoms with van der Waals surface area (Å²) >= 11 is 0. The summed E-state index contributed by atoms with van der Waals surface area (Å²) in [6.07, 6.45) is 4.62. The highest BCUT2D eigenvalue weighted by Gasteiger charge is 2.35. The first-order valence-electron chi connectivity index (χ1n) is 10.2. The molecule has 1 saturated heterocycles. The maximum Gasteiger partial charge on any atom is 0.251 e. The number of carbonyl (C=O) groups is 3. The van der Waals surface area contributed by atoms with Crippen LogP contribution in [0.3, 0.4) is 0 Å². The molecule has 2 fully saturated rings. The second-order valence-corrected chi connectivity index (χ2v) is 7.76. The molecule has 1 saturated carbocycles. The third-order valence-electron chi connectivity index (χ3n) is 5.67. The smallest absolute Gasteiger partial charge is 0.251 e. The van der Waals surface area contributed by atoms with Gasteiger partial charge in [-0.15, -0.1) is 0 Å². The van der Waals surface area contributed by atoms with Crippen molar-refractivity contribution in [3.05, 3.63) is 60.2 Å². The molecule has 2 aromatic rings. The van der Waals surface area contributed by atoms with Crippen LogP contribution >= 0.6 is 0 Å². The number of benzene rings is 2. The lowest BCUT2D eigenvalue weighted by molar-refractivity contribution is -0.122. The minimum atomic E-state index is -0.395. The molecule has 150 valence electrons. The lowest BCUT2D eigenvalue weighted by Gasteiger charge is -2.16. The Hall–Kier alpha value is -3.15. The van der Waals surface area contributed by atoms with E-state index in [1.54, 1.807) is 29.2 Å². The van der Waals surface area contributed by atoms with Crippen molar-refractivity contribution in [3.8, 4) is 0 Å². The van der Waals surface area contributed by atoms with Crippen molar-refractivity contribution in [2.75, 3.05) is 16.8 Å². The molecular weight excluding hydrogens is 366 g/mol. The maximum absolute atomic E-state index is 12.6. The Bertz CT molecular complexity index is 889. The van der Waals surface area contributed by atoms with Gasteiger partial charge in [0.05, 0.1) is 5.92 Å². The predicted octanol–water partition coefficient (Wildman–Crippen LogP) is 3.35. The third kappa shape index (κ3) is 4.47. The van der Waals surface area contributed by atoms with Crippen LogP contribution in [-0.2, 0) is 9.59 Å². The Morgan fingerprint density at radius 1 is 0.931 bits per heavy atom. The fourth-order valence-corrected chi connectivity index (χ4v) is 4.03. The van der Waals surface area contributed by atoms with Crippen molar-refractivity contribution in [1.82, 2.24) is 5.32 Å². The van der Waals surface area contributed by atoms with Crippen LogP contribution in [0.5, 0.6) is 0 Å². The summed E-state index contributed by atoms with van der Waals surface area (Å²) in [4.78, 5) is 38.9. The topological polar surface area (TPSA) is 78.5 Å². The zero-order chi connectivity index (χ0) is 20.2. The van der Waals surface area contributed by atoms with Crippen LogP contribution in [0.25, 0.3) is 0 Å². The molecule has 0 spiro atoms. The molecule has 1 heterocycles. The molecule has 2 aromatic carbocycles. The second kappa shape index (κ2) is 8.47. The van der Waals surface area contributed by atoms with Gasteiger partial charge in [-0.2, -0.15) is 0 Å². The van der Waals surface area contributed by atoms with Gasteiger partial charge in [0, 0.05) is 35.9 Å². The third-order valence-corrected chi connectivity index (χ3v) is 5.67. The molecule has 0 aromatic heterocycles. The van der Waals surface area contributed by atoms with E-state index in [1.807, 2.05) is 30.3 Å². The molecule has 4 rings (SSSR count). The highest BCUT2D eigenvalue weighted by Crippen LogP contribution is 2.26. The standard InChI is InChI=1S/C23H25N3O3/c27-21-14-17(15-26(21)20-8-2-1-3-9-20)23(29)25-19-12-10-16(11-13-19)22(28)24-18-6-4-5-7-18/h1-3,8-13,17-18H,4-7,14-15H2,(H,24,28)(H,25,29). The van der Waals surface area contributed by atoms with Gasteiger partial charge in [0.15, 0.2) is 0 Å².